The lowest BCUT2D eigenvalue weighted by Gasteiger charge is -1.97. The molecule has 0 aliphatic rings. The molecule has 0 aliphatic carbocycles. The summed E-state index contributed by atoms with van der Waals surface area (Å²) >= 11 is 0. The molecule has 0 rings (SSSR count). The molecule has 1 heteroatoms. The van der Waals surface area contributed by atoms with Crippen LogP contribution in [0.5, 0.6) is 0 Å². The third kappa shape index (κ3) is 19.2. The van der Waals surface area contributed by atoms with Crippen molar-refractivity contribution < 1.29 is 5.11 Å². The van der Waals surface area contributed by atoms with Gasteiger partial charge in [0.2, 0.25) is 0 Å². The molecular formula is C20H36O. The lowest BCUT2D eigenvalue weighted by atomic mass is 10.1. The zero-order valence-electron chi connectivity index (χ0n) is 14.1. The van der Waals surface area contributed by atoms with E-state index in [2.05, 4.69) is 43.4 Å². The van der Waals surface area contributed by atoms with Gasteiger partial charge in [0.15, 0.2) is 0 Å². The van der Waals surface area contributed by atoms with Gasteiger partial charge in [0.25, 0.3) is 0 Å². The van der Waals surface area contributed by atoms with Crippen LogP contribution in [0.2, 0.25) is 0 Å². The Bertz CT molecular complexity index is 263. The van der Waals surface area contributed by atoms with Crippen molar-refractivity contribution in [3.05, 3.63) is 36.5 Å². The van der Waals surface area contributed by atoms with E-state index in [0.717, 1.165) is 19.3 Å². The van der Waals surface area contributed by atoms with Crippen LogP contribution in [0, 0.1) is 0 Å². The molecule has 0 radical (unpaired) electrons. The van der Waals surface area contributed by atoms with Gasteiger partial charge in [-0.15, -0.1) is 0 Å². The lowest BCUT2D eigenvalue weighted by Crippen LogP contribution is -1.83. The molecule has 0 aromatic carbocycles. The van der Waals surface area contributed by atoms with Crippen LogP contribution < -0.4 is 0 Å². The third-order valence-corrected chi connectivity index (χ3v) is 3.55. The molecule has 0 saturated heterocycles. The highest BCUT2D eigenvalue weighted by atomic mass is 16.2. The first-order chi connectivity index (χ1) is 10.4. The second kappa shape index (κ2) is 19.2. The summed E-state index contributed by atoms with van der Waals surface area (Å²) in [6.07, 6.45) is 28.2. The van der Waals surface area contributed by atoms with Gasteiger partial charge in [-0.3, -0.25) is 0 Å². The molecule has 1 N–H and O–H groups in total. The number of unbranched alkanes of at least 4 members (excludes halogenated alkanes) is 8. The summed E-state index contributed by atoms with van der Waals surface area (Å²) in [5.74, 6) is 0. The van der Waals surface area contributed by atoms with Crippen molar-refractivity contribution in [1.29, 1.82) is 0 Å². The smallest absolute Gasteiger partial charge is 0.0431 e. The SMILES string of the molecule is CCCCCC=CCC=CC/C=C\CCCCCCCO. The number of aliphatic hydroxyl groups is 1. The van der Waals surface area contributed by atoms with Crippen LogP contribution in [0.25, 0.3) is 0 Å². The minimum atomic E-state index is 0.347. The van der Waals surface area contributed by atoms with E-state index in [1.807, 2.05) is 0 Å². The Balaban J connectivity index is 3.24. The maximum Gasteiger partial charge on any atom is 0.0431 e. The maximum absolute atomic E-state index is 8.67. The van der Waals surface area contributed by atoms with Gasteiger partial charge in [-0.25, -0.2) is 0 Å². The summed E-state index contributed by atoms with van der Waals surface area (Å²) in [5.41, 5.74) is 0. The molecule has 0 aliphatic heterocycles. The molecule has 0 atom stereocenters. The Morgan fingerprint density at radius 1 is 0.571 bits per heavy atom. The molecular weight excluding hydrogens is 256 g/mol. The summed E-state index contributed by atoms with van der Waals surface area (Å²) in [6.45, 7) is 2.59. The molecule has 0 amide bonds. The van der Waals surface area contributed by atoms with Gasteiger partial charge in [-0.05, 0) is 44.9 Å². The Morgan fingerprint density at radius 2 is 1.05 bits per heavy atom. The standard InChI is InChI=1S/C20H36O/c1-2-3-4-5-6-7-8-9-10-11-12-13-14-15-16-17-18-19-20-21/h6-7,9-10,12-13,21H,2-5,8,11,14-20H2,1H3/b7-6?,10-9?,13-12-. The van der Waals surface area contributed by atoms with E-state index in [9.17, 15) is 0 Å². The highest BCUT2D eigenvalue weighted by Crippen LogP contribution is 2.06. The van der Waals surface area contributed by atoms with E-state index in [1.165, 1.54) is 57.8 Å². The molecule has 0 aromatic heterocycles. The Hall–Kier alpha value is -0.820. The van der Waals surface area contributed by atoms with Gasteiger partial charge in [-0.1, -0.05) is 75.5 Å². The van der Waals surface area contributed by atoms with Gasteiger partial charge in [-0.2, -0.15) is 0 Å². The molecule has 0 saturated carbocycles. The molecule has 0 spiro atoms. The van der Waals surface area contributed by atoms with E-state index in [4.69, 9.17) is 5.11 Å². The summed E-state index contributed by atoms with van der Waals surface area (Å²) < 4.78 is 0. The van der Waals surface area contributed by atoms with Crippen LogP contribution in [-0.4, -0.2) is 11.7 Å². The topological polar surface area (TPSA) is 20.2 Å². The molecule has 0 fully saturated rings. The van der Waals surface area contributed by atoms with E-state index in [0.29, 0.717) is 6.61 Å². The van der Waals surface area contributed by atoms with E-state index in [-0.39, 0.29) is 0 Å². The predicted octanol–water partition coefficient (Wildman–Crippen LogP) is 6.35. The molecule has 0 heterocycles. The van der Waals surface area contributed by atoms with Gasteiger partial charge in [0, 0.05) is 6.61 Å². The largest absolute Gasteiger partial charge is 0.396 e. The molecule has 1 nitrogen and oxygen atoms in total. The van der Waals surface area contributed by atoms with E-state index < -0.39 is 0 Å². The van der Waals surface area contributed by atoms with Gasteiger partial charge in [0.1, 0.15) is 0 Å². The normalized spacial score (nSPS) is 12.3. The van der Waals surface area contributed by atoms with Crippen LogP contribution in [0.3, 0.4) is 0 Å². The lowest BCUT2D eigenvalue weighted by molar-refractivity contribution is 0.282. The van der Waals surface area contributed by atoms with Crippen molar-refractivity contribution in [3.8, 4) is 0 Å². The maximum atomic E-state index is 8.67. The summed E-state index contributed by atoms with van der Waals surface area (Å²) in [4.78, 5) is 0. The molecule has 0 bridgehead atoms. The highest BCUT2D eigenvalue weighted by molar-refractivity contribution is 4.97. The van der Waals surface area contributed by atoms with Crippen molar-refractivity contribution in [2.24, 2.45) is 0 Å². The predicted molar refractivity (Wildman–Crippen MR) is 95.6 cm³/mol. The average molecular weight is 293 g/mol. The number of rotatable bonds is 15. The van der Waals surface area contributed by atoms with Crippen molar-refractivity contribution in [2.75, 3.05) is 6.61 Å². The summed E-state index contributed by atoms with van der Waals surface area (Å²) in [6, 6.07) is 0. The second-order valence-electron chi connectivity index (χ2n) is 5.66. The van der Waals surface area contributed by atoms with E-state index in [1.54, 1.807) is 0 Å². The van der Waals surface area contributed by atoms with Crippen molar-refractivity contribution in [3.63, 3.8) is 0 Å². The van der Waals surface area contributed by atoms with Crippen LogP contribution in [0.15, 0.2) is 36.5 Å². The zero-order valence-corrected chi connectivity index (χ0v) is 14.1. The fraction of sp³-hybridized carbons (Fsp3) is 0.700. The molecule has 0 aromatic rings. The van der Waals surface area contributed by atoms with Crippen molar-refractivity contribution in [2.45, 2.75) is 84.0 Å². The first-order valence-electron chi connectivity index (χ1n) is 8.97. The fourth-order valence-electron chi connectivity index (χ4n) is 2.19. The molecule has 122 valence electrons. The number of aliphatic hydroxyl groups excluding tert-OH is 1. The van der Waals surface area contributed by atoms with Crippen LogP contribution in [0.4, 0.5) is 0 Å². The van der Waals surface area contributed by atoms with Gasteiger partial charge >= 0.3 is 0 Å². The quantitative estimate of drug-likeness (QED) is 0.275. The fourth-order valence-corrected chi connectivity index (χ4v) is 2.19. The minimum Gasteiger partial charge on any atom is -0.396 e. The molecule has 0 unspecified atom stereocenters. The minimum absolute atomic E-state index is 0.347. The number of allylic oxidation sites excluding steroid dienone is 6. The van der Waals surface area contributed by atoms with E-state index >= 15 is 0 Å². The first-order valence-corrected chi connectivity index (χ1v) is 8.97. The van der Waals surface area contributed by atoms with Crippen LogP contribution in [0.1, 0.15) is 84.0 Å². The molecule has 21 heavy (non-hydrogen) atoms. The first kappa shape index (κ1) is 20.2. The Morgan fingerprint density at radius 3 is 1.62 bits per heavy atom. The second-order valence-corrected chi connectivity index (χ2v) is 5.66. The van der Waals surface area contributed by atoms with Crippen LogP contribution in [-0.2, 0) is 0 Å². The zero-order chi connectivity index (χ0) is 15.4. The average Bonchev–Trinajstić information content (AvgIpc) is 2.50. The van der Waals surface area contributed by atoms with Crippen molar-refractivity contribution >= 4 is 0 Å². The van der Waals surface area contributed by atoms with Crippen molar-refractivity contribution in [1.82, 2.24) is 0 Å². The highest BCUT2D eigenvalue weighted by Gasteiger charge is 1.88. The van der Waals surface area contributed by atoms with Gasteiger partial charge in [0.05, 0.1) is 0 Å². The third-order valence-electron chi connectivity index (χ3n) is 3.55. The van der Waals surface area contributed by atoms with Crippen LogP contribution >= 0.6 is 0 Å². The summed E-state index contributed by atoms with van der Waals surface area (Å²) in [5, 5.41) is 8.67. The number of hydrogen-bond donors (Lipinski definition) is 1. The summed E-state index contributed by atoms with van der Waals surface area (Å²) in [7, 11) is 0. The monoisotopic (exact) mass is 292 g/mol. The Kier molecular flexibility index (Phi) is 18.4. The Labute approximate surface area is 132 Å². The number of hydrogen-bond acceptors (Lipinski definition) is 1. The van der Waals surface area contributed by atoms with Gasteiger partial charge < -0.3 is 5.11 Å².